The first kappa shape index (κ1) is 31.4. The zero-order chi connectivity index (χ0) is 31.8. The second-order valence-electron chi connectivity index (χ2n) is 15.4. The third kappa shape index (κ3) is 5.65. The van der Waals surface area contributed by atoms with Gasteiger partial charge in [0.25, 0.3) is 0 Å². The van der Waals surface area contributed by atoms with Crippen LogP contribution in [0.25, 0.3) is 32.7 Å². The van der Waals surface area contributed by atoms with Gasteiger partial charge in [-0.1, -0.05) is 0 Å². The topological polar surface area (TPSA) is 60.7 Å². The molecule has 5 aromatic rings. The summed E-state index contributed by atoms with van der Waals surface area (Å²) in [4.78, 5) is 36.5. The number of hydrogen-bond acceptors (Lipinski definition) is 3. The SMILES string of the molecule is Cc1cccc(-c2cc3c(C(C)(C)C)cc(C(C)(C)C)cc3cc2C(C)(C)C)c1P(O)(O)(O)c1ccc2ccccc2c1. The molecular formula is C39H47O3P. The van der Waals surface area contributed by atoms with Crippen LogP contribution in [0.3, 0.4) is 0 Å². The van der Waals surface area contributed by atoms with Crippen LogP contribution in [0.2, 0.25) is 0 Å². The van der Waals surface area contributed by atoms with Crippen molar-refractivity contribution in [2.24, 2.45) is 0 Å². The van der Waals surface area contributed by atoms with Crippen LogP contribution in [0.15, 0.2) is 84.9 Å². The maximum absolute atomic E-state index is 12.2. The first-order valence-corrected chi connectivity index (χ1v) is 17.3. The van der Waals surface area contributed by atoms with E-state index < -0.39 is 7.28 Å². The van der Waals surface area contributed by atoms with Gasteiger partial charge in [0, 0.05) is 0 Å². The summed E-state index contributed by atoms with van der Waals surface area (Å²) in [5, 5.41) is 4.43. The molecule has 4 heteroatoms. The van der Waals surface area contributed by atoms with E-state index in [-0.39, 0.29) is 26.9 Å². The molecule has 0 aromatic heterocycles. The van der Waals surface area contributed by atoms with Crippen LogP contribution in [-0.2, 0) is 16.2 Å². The van der Waals surface area contributed by atoms with E-state index in [0.717, 1.165) is 27.3 Å². The van der Waals surface area contributed by atoms with Gasteiger partial charge in [-0.15, -0.1) is 0 Å². The van der Waals surface area contributed by atoms with Crippen molar-refractivity contribution >= 4 is 39.4 Å². The Labute approximate surface area is 257 Å². The first-order chi connectivity index (χ1) is 19.7. The Morgan fingerprint density at radius 2 is 1.14 bits per heavy atom. The van der Waals surface area contributed by atoms with Crippen LogP contribution in [0, 0.1) is 6.92 Å². The minimum absolute atomic E-state index is 0.0137. The number of benzene rings is 5. The Morgan fingerprint density at radius 3 is 1.74 bits per heavy atom. The predicted octanol–water partition coefficient (Wildman–Crippen LogP) is 9.09. The summed E-state index contributed by atoms with van der Waals surface area (Å²) in [7, 11) is -5.59. The molecule has 0 aliphatic carbocycles. The Morgan fingerprint density at radius 1 is 0.512 bits per heavy atom. The predicted molar refractivity (Wildman–Crippen MR) is 187 cm³/mol. The summed E-state index contributed by atoms with van der Waals surface area (Å²) in [6.07, 6.45) is 0. The number of rotatable bonds is 3. The molecule has 0 atom stereocenters. The summed E-state index contributed by atoms with van der Waals surface area (Å²) in [5.74, 6) is 0. The number of fused-ring (bicyclic) bond motifs is 2. The van der Waals surface area contributed by atoms with Crippen LogP contribution in [0.1, 0.15) is 84.6 Å². The van der Waals surface area contributed by atoms with Crippen LogP contribution < -0.4 is 10.6 Å². The van der Waals surface area contributed by atoms with Gasteiger partial charge in [-0.3, -0.25) is 0 Å². The van der Waals surface area contributed by atoms with Crippen molar-refractivity contribution < 1.29 is 14.7 Å². The fourth-order valence-electron chi connectivity index (χ4n) is 6.29. The Bertz CT molecular complexity index is 1870. The molecule has 0 radical (unpaired) electrons. The summed E-state index contributed by atoms with van der Waals surface area (Å²) in [6.45, 7) is 21.9. The molecule has 43 heavy (non-hydrogen) atoms. The van der Waals surface area contributed by atoms with E-state index in [1.807, 2.05) is 55.5 Å². The molecular weight excluding hydrogens is 547 g/mol. The standard InChI is InChI=1S/C39H47O3P/c1-25-14-13-17-31(36(25)43(40,41,42)30-19-18-26-15-11-12-16-27(26)21-30)33-24-32-28(22-34(33)38(5,6)7)20-29(37(2,3)4)23-35(32)39(8,9)10/h11-24,40-42H,1-10H3. The quantitative estimate of drug-likeness (QED) is 0.183. The van der Waals surface area contributed by atoms with Gasteiger partial charge in [-0.2, -0.15) is 0 Å². The molecule has 3 nitrogen and oxygen atoms in total. The molecule has 0 aliphatic heterocycles. The summed E-state index contributed by atoms with van der Waals surface area (Å²) in [6, 6.07) is 27.8. The molecule has 0 bridgehead atoms. The van der Waals surface area contributed by atoms with Gasteiger partial charge in [0.15, 0.2) is 0 Å². The van der Waals surface area contributed by atoms with Crippen molar-refractivity contribution in [2.45, 2.75) is 85.5 Å². The van der Waals surface area contributed by atoms with Gasteiger partial charge < -0.3 is 0 Å². The summed E-state index contributed by atoms with van der Waals surface area (Å²) in [5.41, 5.74) is 5.41. The van der Waals surface area contributed by atoms with Crippen LogP contribution in [0.5, 0.6) is 0 Å². The molecule has 5 aromatic carbocycles. The minimum atomic E-state index is -5.59. The third-order valence-electron chi connectivity index (χ3n) is 8.72. The molecule has 0 heterocycles. The van der Waals surface area contributed by atoms with Gasteiger partial charge in [0.1, 0.15) is 0 Å². The van der Waals surface area contributed by atoms with Crippen molar-refractivity contribution in [1.82, 2.24) is 0 Å². The van der Waals surface area contributed by atoms with Crippen LogP contribution in [0.4, 0.5) is 0 Å². The average molecular weight is 595 g/mol. The monoisotopic (exact) mass is 594 g/mol. The zero-order valence-electron chi connectivity index (χ0n) is 27.4. The van der Waals surface area contributed by atoms with E-state index in [1.54, 1.807) is 12.1 Å². The maximum atomic E-state index is 12.2. The van der Waals surface area contributed by atoms with E-state index in [1.165, 1.54) is 16.5 Å². The van der Waals surface area contributed by atoms with Gasteiger partial charge in [-0.05, 0) is 0 Å². The van der Waals surface area contributed by atoms with Crippen molar-refractivity contribution in [3.05, 3.63) is 107 Å². The molecule has 0 fully saturated rings. The number of hydrogen-bond donors (Lipinski definition) is 3. The molecule has 5 rings (SSSR count). The van der Waals surface area contributed by atoms with E-state index >= 15 is 0 Å². The third-order valence-corrected chi connectivity index (χ3v) is 11.4. The molecule has 3 N–H and O–H groups in total. The molecule has 0 aliphatic rings. The second kappa shape index (κ2) is 9.98. The van der Waals surface area contributed by atoms with Gasteiger partial charge >= 0.3 is 258 Å². The molecule has 0 unspecified atom stereocenters. The normalized spacial score (nSPS) is 14.2. The van der Waals surface area contributed by atoms with Gasteiger partial charge in [-0.25, -0.2) is 0 Å². The zero-order valence-corrected chi connectivity index (χ0v) is 28.3. The summed E-state index contributed by atoms with van der Waals surface area (Å²) >= 11 is 0. The van der Waals surface area contributed by atoms with E-state index in [0.29, 0.717) is 11.1 Å². The van der Waals surface area contributed by atoms with Gasteiger partial charge in [0.05, 0.1) is 0 Å². The molecule has 226 valence electrons. The van der Waals surface area contributed by atoms with Gasteiger partial charge in [0.2, 0.25) is 0 Å². The summed E-state index contributed by atoms with van der Waals surface area (Å²) < 4.78 is 0. The molecule has 0 saturated heterocycles. The van der Waals surface area contributed by atoms with E-state index in [2.05, 4.69) is 86.6 Å². The van der Waals surface area contributed by atoms with Crippen LogP contribution >= 0.6 is 7.28 Å². The number of aryl methyl sites for hydroxylation is 1. The molecule has 0 spiro atoms. The van der Waals surface area contributed by atoms with Crippen molar-refractivity contribution in [3.8, 4) is 11.1 Å². The Kier molecular flexibility index (Phi) is 7.27. The Hall–Kier alpha value is -3.07. The second-order valence-corrected chi connectivity index (χ2v) is 18.3. The van der Waals surface area contributed by atoms with Crippen molar-refractivity contribution in [1.29, 1.82) is 0 Å². The molecule has 0 saturated carbocycles. The van der Waals surface area contributed by atoms with E-state index in [4.69, 9.17) is 0 Å². The van der Waals surface area contributed by atoms with Crippen molar-refractivity contribution in [2.75, 3.05) is 0 Å². The van der Waals surface area contributed by atoms with Crippen molar-refractivity contribution in [3.63, 3.8) is 0 Å². The fraction of sp³-hybridized carbons (Fsp3) is 0.333. The molecule has 0 amide bonds. The van der Waals surface area contributed by atoms with E-state index in [9.17, 15) is 14.7 Å². The van der Waals surface area contributed by atoms with Crippen LogP contribution in [-0.4, -0.2) is 14.7 Å². The fourth-order valence-corrected chi connectivity index (χ4v) is 8.64. The first-order valence-electron chi connectivity index (χ1n) is 15.2. The average Bonchev–Trinajstić information content (AvgIpc) is 2.89. The Balaban J connectivity index is 1.89.